The lowest BCUT2D eigenvalue weighted by Gasteiger charge is -2.38. The van der Waals surface area contributed by atoms with Gasteiger partial charge in [-0.05, 0) is 18.6 Å². The Labute approximate surface area is 128 Å². The summed E-state index contributed by atoms with van der Waals surface area (Å²) >= 11 is 5.59. The first-order valence-electron chi connectivity index (χ1n) is 7.12. The second kappa shape index (κ2) is 6.31. The Morgan fingerprint density at radius 3 is 2.90 bits per heavy atom. The number of rotatable bonds is 5. The van der Waals surface area contributed by atoms with Gasteiger partial charge < -0.3 is 9.64 Å². The molecule has 0 unspecified atom stereocenters. The Morgan fingerprint density at radius 2 is 2.10 bits per heavy atom. The molecule has 3 rings (SSSR count). The molecule has 4 nitrogen and oxygen atoms in total. The highest BCUT2D eigenvalue weighted by atomic mass is 35.5. The van der Waals surface area contributed by atoms with Crippen molar-refractivity contribution in [2.24, 2.45) is 0 Å². The summed E-state index contributed by atoms with van der Waals surface area (Å²) < 4.78 is 5.81. The molecule has 1 amide bonds. The lowest BCUT2D eigenvalue weighted by molar-refractivity contribution is -0.140. The molecule has 21 heavy (non-hydrogen) atoms. The molecule has 110 valence electrons. The van der Waals surface area contributed by atoms with Gasteiger partial charge in [-0.3, -0.25) is 4.79 Å². The first-order valence-corrected chi connectivity index (χ1v) is 7.66. The molecule has 0 bridgehead atoms. The summed E-state index contributed by atoms with van der Waals surface area (Å²) in [4.78, 5) is 18.0. The molecule has 0 aliphatic carbocycles. The smallest absolute Gasteiger partial charge is 0.222 e. The van der Waals surface area contributed by atoms with E-state index in [-0.39, 0.29) is 12.0 Å². The van der Waals surface area contributed by atoms with Crippen molar-refractivity contribution >= 4 is 28.4 Å². The Morgan fingerprint density at radius 1 is 1.29 bits per heavy atom. The minimum absolute atomic E-state index is 0.0404. The number of alkyl halides is 1. The van der Waals surface area contributed by atoms with Gasteiger partial charge in [0.2, 0.25) is 11.8 Å². The highest BCUT2D eigenvalue weighted by Crippen LogP contribution is 2.20. The van der Waals surface area contributed by atoms with Gasteiger partial charge in [0.05, 0.1) is 18.6 Å². The Hall–Kier alpha value is -1.81. The number of hydrogen-bond acceptors (Lipinski definition) is 3. The third-order valence-electron chi connectivity index (χ3n) is 3.59. The lowest BCUT2D eigenvalue weighted by atomic mass is 10.1. The Bertz CT molecular complexity index is 641. The maximum atomic E-state index is 11.8. The van der Waals surface area contributed by atoms with E-state index >= 15 is 0 Å². The fourth-order valence-corrected chi connectivity index (χ4v) is 2.51. The normalized spacial score (nSPS) is 15.0. The second-order valence-electron chi connectivity index (χ2n) is 5.17. The van der Waals surface area contributed by atoms with Gasteiger partial charge in [-0.15, -0.1) is 11.6 Å². The molecule has 1 fully saturated rings. The highest BCUT2D eigenvalue weighted by Gasteiger charge is 2.31. The monoisotopic (exact) mass is 304 g/mol. The van der Waals surface area contributed by atoms with Gasteiger partial charge in [0.25, 0.3) is 0 Å². The molecule has 1 aromatic carbocycles. The molecule has 5 heteroatoms. The van der Waals surface area contributed by atoms with Crippen LogP contribution in [0.5, 0.6) is 5.88 Å². The van der Waals surface area contributed by atoms with Crippen LogP contribution in [0.4, 0.5) is 0 Å². The summed E-state index contributed by atoms with van der Waals surface area (Å²) in [6.07, 6.45) is 1.29. The minimum atomic E-state index is 0.0404. The fourth-order valence-electron chi connectivity index (χ4n) is 2.38. The third kappa shape index (κ3) is 3.27. The van der Waals surface area contributed by atoms with E-state index in [0.717, 1.165) is 17.3 Å². The number of ether oxygens (including phenoxy) is 1. The molecular formula is C16H17ClN2O2. The van der Waals surface area contributed by atoms with Crippen LogP contribution >= 0.6 is 11.6 Å². The van der Waals surface area contributed by atoms with Crippen molar-refractivity contribution in [1.29, 1.82) is 0 Å². The number of carbonyl (C=O) groups excluding carboxylic acids is 1. The zero-order valence-corrected chi connectivity index (χ0v) is 12.4. The number of likely N-dealkylation sites (tertiary alicyclic amines) is 1. The molecule has 0 N–H and O–H groups in total. The predicted octanol–water partition coefficient (Wildman–Crippen LogP) is 2.84. The molecule has 1 aliphatic rings. The topological polar surface area (TPSA) is 42.4 Å². The number of carbonyl (C=O) groups is 1. The average molecular weight is 305 g/mol. The molecule has 0 saturated carbocycles. The Kier molecular flexibility index (Phi) is 4.25. The van der Waals surface area contributed by atoms with Gasteiger partial charge in [0.15, 0.2) is 0 Å². The van der Waals surface area contributed by atoms with Crippen molar-refractivity contribution < 1.29 is 9.53 Å². The van der Waals surface area contributed by atoms with Crippen molar-refractivity contribution in [3.05, 3.63) is 36.4 Å². The van der Waals surface area contributed by atoms with E-state index in [2.05, 4.69) is 4.98 Å². The molecule has 0 radical (unpaired) electrons. The zero-order valence-electron chi connectivity index (χ0n) is 11.7. The fraction of sp³-hybridized carbons (Fsp3) is 0.375. The molecule has 2 aromatic rings. The number of amides is 1. The van der Waals surface area contributed by atoms with Crippen LogP contribution in [0.15, 0.2) is 36.4 Å². The third-order valence-corrected chi connectivity index (χ3v) is 3.85. The quantitative estimate of drug-likeness (QED) is 0.798. The number of para-hydroxylation sites is 1. The van der Waals surface area contributed by atoms with Crippen LogP contribution in [0.1, 0.15) is 12.8 Å². The first kappa shape index (κ1) is 14.1. The molecule has 2 heterocycles. The summed E-state index contributed by atoms with van der Waals surface area (Å²) in [5, 5.41) is 1.09. The number of halogens is 1. The van der Waals surface area contributed by atoms with Gasteiger partial charge in [-0.25, -0.2) is 4.98 Å². The van der Waals surface area contributed by atoms with Crippen molar-refractivity contribution in [3.8, 4) is 5.88 Å². The van der Waals surface area contributed by atoms with E-state index < -0.39 is 0 Å². The average Bonchev–Trinajstić information content (AvgIpc) is 2.48. The zero-order chi connectivity index (χ0) is 14.7. The number of nitrogens with zero attached hydrogens (tertiary/aromatic N) is 2. The van der Waals surface area contributed by atoms with Crippen molar-refractivity contribution in [1.82, 2.24) is 9.88 Å². The largest absolute Gasteiger partial charge is 0.471 e. The van der Waals surface area contributed by atoms with E-state index in [9.17, 15) is 4.79 Å². The van der Waals surface area contributed by atoms with Crippen LogP contribution in [-0.2, 0) is 4.79 Å². The van der Waals surface area contributed by atoms with Crippen LogP contribution in [0.3, 0.4) is 0 Å². The number of pyridine rings is 1. The number of fused-ring (bicyclic) bond motifs is 1. The van der Waals surface area contributed by atoms with Crippen molar-refractivity contribution in [2.45, 2.75) is 18.9 Å². The van der Waals surface area contributed by atoms with Crippen LogP contribution < -0.4 is 4.74 Å². The molecule has 0 atom stereocenters. The summed E-state index contributed by atoms with van der Waals surface area (Å²) in [5.41, 5.74) is 0.921. The van der Waals surface area contributed by atoms with Gasteiger partial charge in [0.1, 0.15) is 6.10 Å². The number of aromatic nitrogens is 1. The highest BCUT2D eigenvalue weighted by molar-refractivity contribution is 6.17. The van der Waals surface area contributed by atoms with Crippen LogP contribution in [0, 0.1) is 0 Å². The van der Waals surface area contributed by atoms with Gasteiger partial charge in [-0.1, -0.05) is 18.2 Å². The van der Waals surface area contributed by atoms with Gasteiger partial charge in [-0.2, -0.15) is 0 Å². The molecule has 1 saturated heterocycles. The number of benzene rings is 1. The molecular weight excluding hydrogens is 288 g/mol. The lowest BCUT2D eigenvalue weighted by Crippen LogP contribution is -2.56. The minimum Gasteiger partial charge on any atom is -0.471 e. The SMILES string of the molecule is O=C(CCCCl)N1CC(Oc2ccc3ccccc3n2)C1. The summed E-state index contributed by atoms with van der Waals surface area (Å²) in [7, 11) is 0. The van der Waals surface area contributed by atoms with E-state index in [1.165, 1.54) is 0 Å². The van der Waals surface area contributed by atoms with Crippen LogP contribution in [-0.4, -0.2) is 40.9 Å². The summed E-state index contributed by atoms with van der Waals surface area (Å²) in [6.45, 7) is 1.27. The molecule has 1 aromatic heterocycles. The van der Waals surface area contributed by atoms with E-state index in [0.29, 0.717) is 31.3 Å². The maximum absolute atomic E-state index is 11.8. The van der Waals surface area contributed by atoms with Crippen LogP contribution in [0.2, 0.25) is 0 Å². The van der Waals surface area contributed by atoms with Gasteiger partial charge in [0, 0.05) is 23.8 Å². The van der Waals surface area contributed by atoms with E-state index in [1.54, 1.807) is 4.90 Å². The van der Waals surface area contributed by atoms with E-state index in [4.69, 9.17) is 16.3 Å². The first-order chi connectivity index (χ1) is 10.3. The second-order valence-corrected chi connectivity index (χ2v) is 5.55. The van der Waals surface area contributed by atoms with Crippen molar-refractivity contribution in [3.63, 3.8) is 0 Å². The maximum Gasteiger partial charge on any atom is 0.222 e. The summed E-state index contributed by atoms with van der Waals surface area (Å²) in [5.74, 6) is 1.30. The number of hydrogen-bond donors (Lipinski definition) is 0. The van der Waals surface area contributed by atoms with E-state index in [1.807, 2.05) is 36.4 Å². The van der Waals surface area contributed by atoms with Gasteiger partial charge >= 0.3 is 0 Å². The molecule has 1 aliphatic heterocycles. The molecule has 0 spiro atoms. The Balaban J connectivity index is 1.54. The standard InChI is InChI=1S/C16H17ClN2O2/c17-9-3-6-16(20)19-10-13(11-19)21-15-8-7-12-4-1-2-5-14(12)18-15/h1-2,4-5,7-8,13H,3,6,9-11H2. The predicted molar refractivity (Wildman–Crippen MR) is 82.7 cm³/mol. The van der Waals surface area contributed by atoms with Crippen LogP contribution in [0.25, 0.3) is 10.9 Å². The summed E-state index contributed by atoms with van der Waals surface area (Å²) in [6, 6.07) is 11.8. The van der Waals surface area contributed by atoms with Crippen molar-refractivity contribution in [2.75, 3.05) is 19.0 Å².